The van der Waals surface area contributed by atoms with Crippen molar-refractivity contribution in [2.45, 2.75) is 18.7 Å². The number of ether oxygens (including phenoxy) is 2. The quantitative estimate of drug-likeness (QED) is 0.746. The monoisotopic (exact) mass is 418 g/mol. The molecule has 0 unspecified atom stereocenters. The number of nitrogens with zero attached hydrogens (tertiary/aromatic N) is 2. The second-order valence-corrected chi connectivity index (χ2v) is 8.94. The van der Waals surface area contributed by atoms with Gasteiger partial charge < -0.3 is 14.4 Å². The fourth-order valence-corrected chi connectivity index (χ4v) is 5.14. The number of benzene rings is 2. The maximum Gasteiger partial charge on any atom is 0.257 e. The van der Waals surface area contributed by atoms with Crippen LogP contribution in [0.4, 0.5) is 0 Å². The van der Waals surface area contributed by atoms with Crippen molar-refractivity contribution in [3.63, 3.8) is 0 Å². The van der Waals surface area contributed by atoms with Gasteiger partial charge in [0.1, 0.15) is 11.5 Å². The van der Waals surface area contributed by atoms with Crippen LogP contribution < -0.4 is 9.47 Å². The lowest BCUT2D eigenvalue weighted by atomic mass is 10.1. The molecule has 2 aromatic carbocycles. The Morgan fingerprint density at radius 3 is 2.24 bits per heavy atom. The summed E-state index contributed by atoms with van der Waals surface area (Å²) in [5.74, 6) is 0.816. The van der Waals surface area contributed by atoms with Gasteiger partial charge in [-0.1, -0.05) is 12.1 Å². The Morgan fingerprint density at radius 1 is 0.931 bits per heavy atom. The number of methoxy groups -OCH3 is 2. The number of hydrogen-bond donors (Lipinski definition) is 0. The largest absolute Gasteiger partial charge is 0.497 e. The van der Waals surface area contributed by atoms with E-state index in [1.165, 1.54) is 18.5 Å². The molecule has 0 aliphatic carbocycles. The Kier molecular flexibility index (Phi) is 6.14. The van der Waals surface area contributed by atoms with E-state index in [4.69, 9.17) is 9.47 Å². The molecule has 156 valence electrons. The van der Waals surface area contributed by atoms with Gasteiger partial charge in [0, 0.05) is 26.2 Å². The molecular weight excluding hydrogens is 392 g/mol. The van der Waals surface area contributed by atoms with E-state index in [9.17, 15) is 13.2 Å². The first kappa shape index (κ1) is 21.1. The lowest BCUT2D eigenvalue weighted by Gasteiger charge is -2.34. The molecule has 0 spiro atoms. The number of amides is 1. The summed E-state index contributed by atoms with van der Waals surface area (Å²) in [6.45, 7) is 4.77. The first-order valence-corrected chi connectivity index (χ1v) is 10.8. The number of carbonyl (C=O) groups excluding carboxylic acids is 1. The Balaban J connectivity index is 1.77. The zero-order valence-electron chi connectivity index (χ0n) is 17.1. The predicted molar refractivity (Wildman–Crippen MR) is 110 cm³/mol. The smallest absolute Gasteiger partial charge is 0.257 e. The van der Waals surface area contributed by atoms with Crippen molar-refractivity contribution in [3.8, 4) is 11.5 Å². The van der Waals surface area contributed by atoms with Gasteiger partial charge in [-0.05, 0) is 49.2 Å². The van der Waals surface area contributed by atoms with E-state index in [1.54, 1.807) is 36.1 Å². The fourth-order valence-electron chi connectivity index (χ4n) is 3.41. The summed E-state index contributed by atoms with van der Waals surface area (Å²) < 4.78 is 38.1. The van der Waals surface area contributed by atoms with Gasteiger partial charge in [0.2, 0.25) is 10.0 Å². The molecule has 0 radical (unpaired) electrons. The maximum atomic E-state index is 13.1. The molecule has 1 amide bonds. The average Bonchev–Trinajstić information content (AvgIpc) is 2.74. The minimum absolute atomic E-state index is 0.204. The lowest BCUT2D eigenvalue weighted by molar-refractivity contribution is 0.0694. The van der Waals surface area contributed by atoms with Crippen LogP contribution in [-0.4, -0.2) is 63.9 Å². The highest BCUT2D eigenvalue weighted by Gasteiger charge is 2.32. The Labute approximate surface area is 171 Å². The number of rotatable bonds is 5. The van der Waals surface area contributed by atoms with E-state index < -0.39 is 10.0 Å². The molecule has 8 heteroatoms. The molecule has 1 aliphatic heterocycles. The van der Waals surface area contributed by atoms with Gasteiger partial charge in [0.15, 0.2) is 0 Å². The number of hydrogen-bond acceptors (Lipinski definition) is 5. The van der Waals surface area contributed by atoms with Crippen molar-refractivity contribution >= 4 is 15.9 Å². The van der Waals surface area contributed by atoms with Gasteiger partial charge in [-0.3, -0.25) is 4.79 Å². The summed E-state index contributed by atoms with van der Waals surface area (Å²) in [6.07, 6.45) is 0. The van der Waals surface area contributed by atoms with Crippen LogP contribution in [0.1, 0.15) is 21.5 Å². The minimum Gasteiger partial charge on any atom is -0.497 e. The van der Waals surface area contributed by atoms with Crippen LogP contribution in [-0.2, 0) is 10.0 Å². The highest BCUT2D eigenvalue weighted by atomic mass is 32.2. The van der Waals surface area contributed by atoms with Gasteiger partial charge >= 0.3 is 0 Å². The normalized spacial score (nSPS) is 15.2. The Hall–Kier alpha value is -2.58. The molecule has 2 aromatic rings. The Bertz CT molecular complexity index is 1010. The van der Waals surface area contributed by atoms with Crippen LogP contribution in [0.25, 0.3) is 0 Å². The van der Waals surface area contributed by atoms with E-state index in [0.29, 0.717) is 35.0 Å². The van der Waals surface area contributed by atoms with Gasteiger partial charge in [0.25, 0.3) is 5.91 Å². The van der Waals surface area contributed by atoms with Gasteiger partial charge in [-0.25, -0.2) is 8.42 Å². The summed E-state index contributed by atoms with van der Waals surface area (Å²) in [7, 11) is -0.560. The minimum atomic E-state index is -3.60. The lowest BCUT2D eigenvalue weighted by Crippen LogP contribution is -2.50. The molecule has 0 atom stereocenters. The number of aryl methyl sites for hydroxylation is 2. The first-order chi connectivity index (χ1) is 13.8. The standard InChI is InChI=1S/C21H26N2O5S/c1-15-5-6-16(2)20(13-15)29(25,26)23-11-9-22(10-12-23)21(24)18-14-17(27-3)7-8-19(18)28-4/h5-8,13-14H,9-12H2,1-4H3. The predicted octanol–water partition coefficient (Wildman–Crippen LogP) is 2.47. The fraction of sp³-hybridized carbons (Fsp3) is 0.381. The highest BCUT2D eigenvalue weighted by molar-refractivity contribution is 7.89. The van der Waals surface area contributed by atoms with Crippen molar-refractivity contribution in [1.82, 2.24) is 9.21 Å². The summed E-state index contributed by atoms with van der Waals surface area (Å²) >= 11 is 0. The zero-order chi connectivity index (χ0) is 21.2. The molecule has 29 heavy (non-hydrogen) atoms. The second kappa shape index (κ2) is 8.42. The molecule has 1 saturated heterocycles. The molecule has 0 saturated carbocycles. The number of carbonyl (C=O) groups is 1. The molecule has 7 nitrogen and oxygen atoms in total. The van der Waals surface area contributed by atoms with Crippen LogP contribution in [0.5, 0.6) is 11.5 Å². The molecule has 1 heterocycles. The molecular formula is C21H26N2O5S. The average molecular weight is 419 g/mol. The summed E-state index contributed by atoms with van der Waals surface area (Å²) in [5.41, 5.74) is 2.01. The molecule has 0 N–H and O–H groups in total. The third-order valence-corrected chi connectivity index (χ3v) is 7.17. The van der Waals surface area contributed by atoms with Crippen molar-refractivity contribution in [1.29, 1.82) is 0 Å². The Morgan fingerprint density at radius 2 is 1.62 bits per heavy atom. The third kappa shape index (κ3) is 4.23. The van der Waals surface area contributed by atoms with E-state index in [0.717, 1.165) is 11.1 Å². The zero-order valence-corrected chi connectivity index (χ0v) is 18.0. The van der Waals surface area contributed by atoms with Crippen molar-refractivity contribution in [2.75, 3.05) is 40.4 Å². The van der Waals surface area contributed by atoms with Crippen LogP contribution in [0.2, 0.25) is 0 Å². The molecule has 3 rings (SSSR count). The van der Waals surface area contributed by atoms with Crippen LogP contribution >= 0.6 is 0 Å². The molecule has 0 bridgehead atoms. The maximum absolute atomic E-state index is 13.1. The van der Waals surface area contributed by atoms with Gasteiger partial charge in [-0.15, -0.1) is 0 Å². The van der Waals surface area contributed by atoms with E-state index >= 15 is 0 Å². The molecule has 0 aromatic heterocycles. The topological polar surface area (TPSA) is 76.2 Å². The summed E-state index contributed by atoms with van der Waals surface area (Å²) in [5, 5.41) is 0. The SMILES string of the molecule is COc1ccc(OC)c(C(=O)N2CCN(S(=O)(=O)c3cc(C)ccc3C)CC2)c1. The molecule has 1 aliphatic rings. The third-order valence-electron chi connectivity index (χ3n) is 5.12. The van der Waals surface area contributed by atoms with Crippen molar-refractivity contribution in [2.24, 2.45) is 0 Å². The molecule has 1 fully saturated rings. The van der Waals surface area contributed by atoms with Crippen molar-refractivity contribution in [3.05, 3.63) is 53.1 Å². The van der Waals surface area contributed by atoms with Crippen LogP contribution in [0, 0.1) is 13.8 Å². The number of sulfonamides is 1. The van der Waals surface area contributed by atoms with E-state index in [2.05, 4.69) is 0 Å². The van der Waals surface area contributed by atoms with Crippen molar-refractivity contribution < 1.29 is 22.7 Å². The second-order valence-electron chi connectivity index (χ2n) is 7.03. The van der Waals surface area contributed by atoms with E-state index in [1.807, 2.05) is 19.1 Å². The van der Waals surface area contributed by atoms with E-state index in [-0.39, 0.29) is 19.0 Å². The number of piperazine rings is 1. The van der Waals surface area contributed by atoms with Gasteiger partial charge in [0.05, 0.1) is 24.7 Å². The van der Waals surface area contributed by atoms with Crippen LogP contribution in [0.3, 0.4) is 0 Å². The summed E-state index contributed by atoms with van der Waals surface area (Å²) in [4.78, 5) is 15.0. The summed E-state index contributed by atoms with van der Waals surface area (Å²) in [6, 6.07) is 10.5. The first-order valence-electron chi connectivity index (χ1n) is 9.36. The van der Waals surface area contributed by atoms with Crippen LogP contribution in [0.15, 0.2) is 41.3 Å². The van der Waals surface area contributed by atoms with Gasteiger partial charge in [-0.2, -0.15) is 4.31 Å². The highest BCUT2D eigenvalue weighted by Crippen LogP contribution is 2.27.